The van der Waals surface area contributed by atoms with E-state index in [1.807, 2.05) is 0 Å². The van der Waals surface area contributed by atoms with Gasteiger partial charge in [-0.15, -0.1) is 0 Å². The summed E-state index contributed by atoms with van der Waals surface area (Å²) in [7, 11) is 0. The normalized spacial score (nSPS) is 13.0. The van der Waals surface area contributed by atoms with E-state index in [1.54, 1.807) is 6.92 Å². The fraction of sp³-hybridized carbons (Fsp3) is 0.333. The van der Waals surface area contributed by atoms with Crippen molar-refractivity contribution in [1.82, 2.24) is 0 Å². The number of benzene rings is 1. The Bertz CT molecular complexity index is 315. The van der Waals surface area contributed by atoms with E-state index in [1.165, 1.54) is 6.07 Å². The Hall–Kier alpha value is -0.310. The second-order valence-corrected chi connectivity index (χ2v) is 3.69. The van der Waals surface area contributed by atoms with Crippen molar-refractivity contribution in [2.75, 3.05) is 6.61 Å². The second kappa shape index (κ2) is 4.27. The van der Waals surface area contributed by atoms with Crippen LogP contribution in [0.25, 0.3) is 0 Å². The van der Waals surface area contributed by atoms with Crippen LogP contribution in [0.4, 0.5) is 4.39 Å². The molecule has 1 rings (SSSR count). The SMILES string of the molecule is CC(CO)c1cc(Cl)c(F)cc1Cl. The molecule has 0 saturated carbocycles. The quantitative estimate of drug-likeness (QED) is 0.763. The van der Waals surface area contributed by atoms with Crippen LogP contribution in [-0.4, -0.2) is 11.7 Å². The Labute approximate surface area is 86.1 Å². The lowest BCUT2D eigenvalue weighted by Gasteiger charge is -2.10. The van der Waals surface area contributed by atoms with Gasteiger partial charge in [0.1, 0.15) is 5.82 Å². The maximum absolute atomic E-state index is 12.8. The van der Waals surface area contributed by atoms with Crippen LogP contribution >= 0.6 is 23.2 Å². The standard InChI is InChI=1S/C9H9Cl2FO/c1-5(4-13)6-2-8(11)9(12)3-7(6)10/h2-3,5,13H,4H2,1H3. The van der Waals surface area contributed by atoms with Gasteiger partial charge in [0.25, 0.3) is 0 Å². The molecule has 1 unspecified atom stereocenters. The zero-order valence-corrected chi connectivity index (χ0v) is 8.53. The lowest BCUT2D eigenvalue weighted by molar-refractivity contribution is 0.273. The summed E-state index contributed by atoms with van der Waals surface area (Å²) in [6.45, 7) is 1.75. The Kier molecular flexibility index (Phi) is 3.54. The first-order valence-electron chi connectivity index (χ1n) is 3.81. The van der Waals surface area contributed by atoms with Crippen LogP contribution in [0.1, 0.15) is 18.4 Å². The van der Waals surface area contributed by atoms with Crippen LogP contribution in [-0.2, 0) is 0 Å². The van der Waals surface area contributed by atoms with Gasteiger partial charge in [0.15, 0.2) is 0 Å². The molecule has 1 aromatic rings. The molecule has 0 amide bonds. The van der Waals surface area contributed by atoms with E-state index in [-0.39, 0.29) is 17.5 Å². The molecule has 0 bridgehead atoms. The molecule has 72 valence electrons. The van der Waals surface area contributed by atoms with E-state index in [0.717, 1.165) is 6.07 Å². The molecule has 0 heterocycles. The lowest BCUT2D eigenvalue weighted by Crippen LogP contribution is -2.00. The molecule has 0 aliphatic carbocycles. The van der Waals surface area contributed by atoms with Crippen LogP contribution in [0, 0.1) is 5.82 Å². The predicted molar refractivity (Wildman–Crippen MR) is 51.9 cm³/mol. The van der Waals surface area contributed by atoms with Crippen molar-refractivity contribution >= 4 is 23.2 Å². The third-order valence-electron chi connectivity index (χ3n) is 1.84. The molecule has 1 N–H and O–H groups in total. The average Bonchev–Trinajstić information content (AvgIpc) is 2.10. The highest BCUT2D eigenvalue weighted by Crippen LogP contribution is 2.29. The van der Waals surface area contributed by atoms with Crippen molar-refractivity contribution in [2.24, 2.45) is 0 Å². The molecule has 1 nitrogen and oxygen atoms in total. The summed E-state index contributed by atoms with van der Waals surface area (Å²) < 4.78 is 12.8. The molecule has 0 radical (unpaired) electrons. The van der Waals surface area contributed by atoms with E-state index in [4.69, 9.17) is 28.3 Å². The minimum atomic E-state index is -0.541. The minimum absolute atomic E-state index is 0.0275. The van der Waals surface area contributed by atoms with E-state index < -0.39 is 5.82 Å². The molecule has 0 aliphatic heterocycles. The third-order valence-corrected chi connectivity index (χ3v) is 2.46. The fourth-order valence-electron chi connectivity index (χ4n) is 1.01. The van der Waals surface area contributed by atoms with Gasteiger partial charge in [0.05, 0.1) is 5.02 Å². The van der Waals surface area contributed by atoms with Crippen molar-refractivity contribution in [3.8, 4) is 0 Å². The molecule has 4 heteroatoms. The smallest absolute Gasteiger partial charge is 0.143 e. The van der Waals surface area contributed by atoms with Gasteiger partial charge in [-0.25, -0.2) is 4.39 Å². The third kappa shape index (κ3) is 2.33. The summed E-state index contributed by atoms with van der Waals surface area (Å²) >= 11 is 11.3. The monoisotopic (exact) mass is 222 g/mol. The van der Waals surface area contributed by atoms with Gasteiger partial charge in [-0.05, 0) is 17.7 Å². The maximum Gasteiger partial charge on any atom is 0.143 e. The Morgan fingerprint density at radius 3 is 2.54 bits per heavy atom. The van der Waals surface area contributed by atoms with Gasteiger partial charge in [-0.1, -0.05) is 30.1 Å². The van der Waals surface area contributed by atoms with Crippen LogP contribution < -0.4 is 0 Å². The zero-order chi connectivity index (χ0) is 10.0. The van der Waals surface area contributed by atoms with Gasteiger partial charge in [-0.3, -0.25) is 0 Å². The number of hydrogen-bond donors (Lipinski definition) is 1. The molecular weight excluding hydrogens is 214 g/mol. The van der Waals surface area contributed by atoms with Crippen molar-refractivity contribution in [1.29, 1.82) is 0 Å². The number of halogens is 3. The molecule has 0 aromatic heterocycles. The zero-order valence-electron chi connectivity index (χ0n) is 7.02. The highest BCUT2D eigenvalue weighted by molar-refractivity contribution is 6.33. The lowest BCUT2D eigenvalue weighted by atomic mass is 10.0. The molecule has 0 aliphatic rings. The Morgan fingerprint density at radius 1 is 1.38 bits per heavy atom. The summed E-state index contributed by atoms with van der Waals surface area (Å²) in [5, 5.41) is 9.20. The molecule has 13 heavy (non-hydrogen) atoms. The van der Waals surface area contributed by atoms with Gasteiger partial charge >= 0.3 is 0 Å². The van der Waals surface area contributed by atoms with Crippen LogP contribution in [0.15, 0.2) is 12.1 Å². The first-order chi connectivity index (χ1) is 6.06. The number of hydrogen-bond acceptors (Lipinski definition) is 1. The van der Waals surface area contributed by atoms with Crippen molar-refractivity contribution < 1.29 is 9.50 Å². The molecule has 1 atom stereocenters. The number of aliphatic hydroxyl groups excluding tert-OH is 1. The van der Waals surface area contributed by atoms with Crippen molar-refractivity contribution in [3.05, 3.63) is 33.6 Å². The maximum atomic E-state index is 12.8. The van der Waals surface area contributed by atoms with Crippen LogP contribution in [0.5, 0.6) is 0 Å². The van der Waals surface area contributed by atoms with Crippen LogP contribution in [0.2, 0.25) is 10.0 Å². The van der Waals surface area contributed by atoms with E-state index in [2.05, 4.69) is 0 Å². The summed E-state index contributed by atoms with van der Waals surface area (Å²) in [4.78, 5) is 0. The molecule has 0 spiro atoms. The highest BCUT2D eigenvalue weighted by Gasteiger charge is 2.12. The molecular formula is C9H9Cl2FO. The first kappa shape index (κ1) is 10.8. The first-order valence-corrected chi connectivity index (χ1v) is 4.57. The van der Waals surface area contributed by atoms with Crippen molar-refractivity contribution in [2.45, 2.75) is 12.8 Å². The van der Waals surface area contributed by atoms with Crippen molar-refractivity contribution in [3.63, 3.8) is 0 Å². The topological polar surface area (TPSA) is 20.2 Å². The van der Waals surface area contributed by atoms with Gasteiger partial charge in [0.2, 0.25) is 0 Å². The van der Waals surface area contributed by atoms with Gasteiger partial charge in [-0.2, -0.15) is 0 Å². The Morgan fingerprint density at radius 2 is 2.00 bits per heavy atom. The highest BCUT2D eigenvalue weighted by atomic mass is 35.5. The van der Waals surface area contributed by atoms with E-state index in [9.17, 15) is 4.39 Å². The average molecular weight is 223 g/mol. The predicted octanol–water partition coefficient (Wildman–Crippen LogP) is 3.23. The summed E-state index contributed by atoms with van der Waals surface area (Å²) in [6.07, 6.45) is 0. The van der Waals surface area contributed by atoms with E-state index >= 15 is 0 Å². The summed E-state index contributed by atoms with van der Waals surface area (Å²) in [5.74, 6) is -0.675. The van der Waals surface area contributed by atoms with Gasteiger partial charge < -0.3 is 5.11 Å². The molecule has 0 fully saturated rings. The summed E-state index contributed by atoms with van der Waals surface area (Å²) in [6, 6.07) is 2.60. The van der Waals surface area contributed by atoms with Crippen LogP contribution in [0.3, 0.4) is 0 Å². The molecule has 1 aromatic carbocycles. The Balaban J connectivity index is 3.15. The minimum Gasteiger partial charge on any atom is -0.396 e. The number of rotatable bonds is 2. The molecule has 0 saturated heterocycles. The number of aliphatic hydroxyl groups is 1. The largest absolute Gasteiger partial charge is 0.396 e. The fourth-order valence-corrected chi connectivity index (χ4v) is 1.52. The second-order valence-electron chi connectivity index (χ2n) is 2.87. The summed E-state index contributed by atoms with van der Waals surface area (Å²) in [5.41, 5.74) is 0.663. The van der Waals surface area contributed by atoms with E-state index in [0.29, 0.717) is 10.6 Å². The van der Waals surface area contributed by atoms with Gasteiger partial charge in [0, 0.05) is 17.5 Å².